The molecule has 0 atom stereocenters. The van der Waals surface area contributed by atoms with Crippen molar-refractivity contribution in [1.29, 1.82) is 0 Å². The largest absolute Gasteiger partial charge is 0.359 e. The Morgan fingerprint density at radius 3 is 3.00 bits per heavy atom. The first kappa shape index (κ1) is 6.82. The minimum atomic E-state index is 0.435. The predicted octanol–water partition coefficient (Wildman–Crippen LogP) is 0.370. The van der Waals surface area contributed by atoms with Gasteiger partial charge in [0, 0.05) is 13.2 Å². The van der Waals surface area contributed by atoms with Crippen LogP contribution >= 0.6 is 0 Å². The van der Waals surface area contributed by atoms with Crippen molar-refractivity contribution in [3.63, 3.8) is 0 Å². The molecule has 0 aliphatic carbocycles. The molecule has 0 amide bonds. The molecule has 4 heteroatoms. The average Bonchev–Trinajstić information content (AvgIpc) is 2.43. The first-order valence-electron chi connectivity index (χ1n) is 2.89. The number of aliphatic imine (C=N–C) groups is 1. The fraction of sp³-hybridized carbons (Fsp3) is 0.167. The molecule has 0 fully saturated rings. The Morgan fingerprint density at radius 1 is 1.80 bits per heavy atom. The fourth-order valence-electron chi connectivity index (χ4n) is 0.708. The predicted molar refractivity (Wildman–Crippen MR) is 38.2 cm³/mol. The van der Waals surface area contributed by atoms with Crippen molar-refractivity contribution < 1.29 is 5.21 Å². The summed E-state index contributed by atoms with van der Waals surface area (Å²) >= 11 is 0. The van der Waals surface area contributed by atoms with Gasteiger partial charge in [-0.3, -0.25) is 15.7 Å². The molecule has 0 unspecified atom stereocenters. The zero-order valence-corrected chi connectivity index (χ0v) is 5.63. The van der Waals surface area contributed by atoms with Crippen molar-refractivity contribution in [2.45, 2.75) is 0 Å². The molecule has 1 aromatic heterocycles. The lowest BCUT2D eigenvalue weighted by atomic mass is 10.4. The highest BCUT2D eigenvalue weighted by atomic mass is 16.5. The lowest BCUT2D eigenvalue weighted by Gasteiger charge is -1.97. The highest BCUT2D eigenvalue weighted by molar-refractivity contribution is 5.96. The summed E-state index contributed by atoms with van der Waals surface area (Å²) in [6, 6.07) is 3.64. The van der Waals surface area contributed by atoms with E-state index in [1.165, 1.54) is 0 Å². The molecule has 1 heterocycles. The van der Waals surface area contributed by atoms with E-state index >= 15 is 0 Å². The molecule has 3 N–H and O–H groups in total. The second-order valence-electron chi connectivity index (χ2n) is 1.77. The van der Waals surface area contributed by atoms with Crippen LogP contribution in [-0.2, 0) is 0 Å². The van der Waals surface area contributed by atoms with E-state index < -0.39 is 0 Å². The molecule has 0 bridgehead atoms. The van der Waals surface area contributed by atoms with Gasteiger partial charge in [-0.05, 0) is 12.1 Å². The summed E-state index contributed by atoms with van der Waals surface area (Å²) < 4.78 is 0. The first-order chi connectivity index (χ1) is 4.88. The highest BCUT2D eigenvalue weighted by Crippen LogP contribution is 1.93. The van der Waals surface area contributed by atoms with Gasteiger partial charge in [-0.15, -0.1) is 0 Å². The van der Waals surface area contributed by atoms with E-state index in [2.05, 4.69) is 9.98 Å². The maximum Gasteiger partial charge on any atom is 0.168 e. The summed E-state index contributed by atoms with van der Waals surface area (Å²) in [6.07, 6.45) is 1.76. The quantitative estimate of drug-likeness (QED) is 0.299. The maximum atomic E-state index is 8.50. The van der Waals surface area contributed by atoms with Crippen LogP contribution in [0.5, 0.6) is 0 Å². The monoisotopic (exact) mass is 139 g/mol. The van der Waals surface area contributed by atoms with Crippen molar-refractivity contribution in [3.05, 3.63) is 24.0 Å². The average molecular weight is 139 g/mol. The molecule has 0 aliphatic heterocycles. The zero-order chi connectivity index (χ0) is 7.40. The van der Waals surface area contributed by atoms with Crippen LogP contribution in [-0.4, -0.2) is 23.1 Å². The first-order valence-corrected chi connectivity index (χ1v) is 2.89. The minimum Gasteiger partial charge on any atom is -0.359 e. The normalized spacial score (nSPS) is 11.6. The van der Waals surface area contributed by atoms with Crippen molar-refractivity contribution in [2.75, 3.05) is 7.05 Å². The van der Waals surface area contributed by atoms with Crippen molar-refractivity contribution in [1.82, 2.24) is 10.5 Å². The summed E-state index contributed by atoms with van der Waals surface area (Å²) in [5.41, 5.74) is 2.74. The van der Waals surface area contributed by atoms with Crippen LogP contribution in [0.1, 0.15) is 5.69 Å². The number of aromatic amines is 1. The topological polar surface area (TPSA) is 60.4 Å². The minimum absolute atomic E-state index is 0.435. The standard InChI is InChI=1S/C6H9N3O/c1-7-6(9-10)5-3-2-4-8-5/h2-4,8,10H,1H3,(H,7,9). The molecule has 1 rings (SSSR count). The molecular weight excluding hydrogens is 130 g/mol. The molecule has 0 radical (unpaired) electrons. The van der Waals surface area contributed by atoms with E-state index in [9.17, 15) is 0 Å². The number of hydroxylamine groups is 1. The van der Waals surface area contributed by atoms with Crippen LogP contribution < -0.4 is 5.48 Å². The molecule has 54 valence electrons. The smallest absolute Gasteiger partial charge is 0.168 e. The Bertz CT molecular complexity index is 215. The van der Waals surface area contributed by atoms with Crippen molar-refractivity contribution in [2.24, 2.45) is 4.99 Å². The molecule has 0 spiro atoms. The number of amidine groups is 1. The van der Waals surface area contributed by atoms with Crippen LogP contribution in [0.15, 0.2) is 23.3 Å². The Morgan fingerprint density at radius 2 is 2.60 bits per heavy atom. The molecule has 4 nitrogen and oxygen atoms in total. The van der Waals surface area contributed by atoms with E-state index in [0.29, 0.717) is 5.84 Å². The summed E-state index contributed by atoms with van der Waals surface area (Å²) in [4.78, 5) is 6.66. The Labute approximate surface area is 58.6 Å². The summed E-state index contributed by atoms with van der Waals surface area (Å²) in [5.74, 6) is 0.435. The number of nitrogens with zero attached hydrogens (tertiary/aromatic N) is 1. The van der Waals surface area contributed by atoms with Crippen LogP contribution in [0, 0.1) is 0 Å². The summed E-state index contributed by atoms with van der Waals surface area (Å²) in [7, 11) is 1.60. The van der Waals surface area contributed by atoms with Gasteiger partial charge in [0.05, 0.1) is 5.69 Å². The number of H-pyrrole nitrogens is 1. The van der Waals surface area contributed by atoms with Crippen molar-refractivity contribution in [3.8, 4) is 0 Å². The van der Waals surface area contributed by atoms with Gasteiger partial charge in [-0.2, -0.15) is 0 Å². The van der Waals surface area contributed by atoms with E-state index in [4.69, 9.17) is 5.21 Å². The number of nitrogens with one attached hydrogen (secondary N) is 2. The van der Waals surface area contributed by atoms with Gasteiger partial charge in [0.15, 0.2) is 5.84 Å². The van der Waals surface area contributed by atoms with Gasteiger partial charge < -0.3 is 4.98 Å². The van der Waals surface area contributed by atoms with E-state index in [1.54, 1.807) is 13.2 Å². The molecule has 1 aromatic rings. The lowest BCUT2D eigenvalue weighted by molar-refractivity contribution is 0.234. The summed E-state index contributed by atoms with van der Waals surface area (Å²) in [5, 5.41) is 8.50. The van der Waals surface area contributed by atoms with Crippen LogP contribution in [0.25, 0.3) is 0 Å². The van der Waals surface area contributed by atoms with Crippen LogP contribution in [0.2, 0.25) is 0 Å². The molecular formula is C6H9N3O. The number of hydrogen-bond acceptors (Lipinski definition) is 2. The van der Waals surface area contributed by atoms with E-state index in [1.807, 2.05) is 17.6 Å². The number of aromatic nitrogens is 1. The van der Waals surface area contributed by atoms with Gasteiger partial charge in [-0.25, -0.2) is 0 Å². The molecule has 0 aromatic carbocycles. The van der Waals surface area contributed by atoms with E-state index in [-0.39, 0.29) is 0 Å². The number of rotatable bonds is 1. The van der Waals surface area contributed by atoms with Gasteiger partial charge in [-0.1, -0.05) is 0 Å². The Hall–Kier alpha value is -1.29. The highest BCUT2D eigenvalue weighted by Gasteiger charge is 1.98. The van der Waals surface area contributed by atoms with Gasteiger partial charge in [0.25, 0.3) is 0 Å². The summed E-state index contributed by atoms with van der Waals surface area (Å²) in [6.45, 7) is 0. The SMILES string of the molecule is CN=C(NO)c1ccc[nH]1. The van der Waals surface area contributed by atoms with Gasteiger partial charge >= 0.3 is 0 Å². The third-order valence-corrected chi connectivity index (χ3v) is 1.18. The second kappa shape index (κ2) is 3.03. The van der Waals surface area contributed by atoms with Crippen LogP contribution in [0.3, 0.4) is 0 Å². The molecule has 10 heavy (non-hydrogen) atoms. The zero-order valence-electron chi connectivity index (χ0n) is 5.63. The van der Waals surface area contributed by atoms with Crippen LogP contribution in [0.4, 0.5) is 0 Å². The third-order valence-electron chi connectivity index (χ3n) is 1.18. The molecule has 0 saturated heterocycles. The molecule has 0 saturated carbocycles. The lowest BCUT2D eigenvalue weighted by Crippen LogP contribution is -2.20. The molecule has 0 aliphatic rings. The van der Waals surface area contributed by atoms with E-state index in [0.717, 1.165) is 5.69 Å². The van der Waals surface area contributed by atoms with Crippen molar-refractivity contribution >= 4 is 5.84 Å². The number of hydrogen-bond donors (Lipinski definition) is 3. The van der Waals surface area contributed by atoms with Gasteiger partial charge in [0.1, 0.15) is 0 Å². The van der Waals surface area contributed by atoms with Gasteiger partial charge in [0.2, 0.25) is 0 Å². The Balaban J connectivity index is 2.85. The fourth-order valence-corrected chi connectivity index (χ4v) is 0.708. The second-order valence-corrected chi connectivity index (χ2v) is 1.77. The third kappa shape index (κ3) is 1.16. The Kier molecular flexibility index (Phi) is 2.07. The maximum absolute atomic E-state index is 8.50.